The van der Waals surface area contributed by atoms with E-state index in [2.05, 4.69) is 10.1 Å². The molecule has 2 aromatic heterocycles. The molecule has 0 fully saturated rings. The van der Waals surface area contributed by atoms with E-state index in [-0.39, 0.29) is 16.4 Å². The molecule has 2 heterocycles. The minimum Gasteiger partial charge on any atom is -0.476 e. The SMILES string of the molecule is Cc1c(-c2ccccc2)nn(-c2nc(C(=O)O)cs2)c1-c1cc(F)ccc1F. The summed E-state index contributed by atoms with van der Waals surface area (Å²) in [7, 11) is 0. The first-order chi connectivity index (χ1) is 13.5. The van der Waals surface area contributed by atoms with Gasteiger partial charge in [0.1, 0.15) is 11.6 Å². The minimum absolute atomic E-state index is 0.0271. The van der Waals surface area contributed by atoms with Gasteiger partial charge in [-0.05, 0) is 25.1 Å². The van der Waals surface area contributed by atoms with Crippen molar-refractivity contribution in [3.8, 4) is 27.6 Å². The molecule has 0 aliphatic rings. The van der Waals surface area contributed by atoms with Crippen LogP contribution in [0.5, 0.6) is 0 Å². The van der Waals surface area contributed by atoms with E-state index in [0.717, 1.165) is 35.1 Å². The Kier molecular flexibility index (Phi) is 4.48. The lowest BCUT2D eigenvalue weighted by molar-refractivity contribution is 0.0691. The second-order valence-electron chi connectivity index (χ2n) is 6.04. The third-order valence-electron chi connectivity index (χ3n) is 4.25. The topological polar surface area (TPSA) is 68.0 Å². The van der Waals surface area contributed by atoms with Crippen LogP contribution in [0.4, 0.5) is 8.78 Å². The molecule has 5 nitrogen and oxygen atoms in total. The summed E-state index contributed by atoms with van der Waals surface area (Å²) >= 11 is 1.06. The fourth-order valence-corrected chi connectivity index (χ4v) is 3.71. The molecule has 0 unspecified atom stereocenters. The quantitative estimate of drug-likeness (QED) is 0.529. The summed E-state index contributed by atoms with van der Waals surface area (Å²) in [6.07, 6.45) is 0. The normalized spacial score (nSPS) is 11.0. The van der Waals surface area contributed by atoms with Gasteiger partial charge in [0.2, 0.25) is 5.13 Å². The molecular formula is C20H13F2N3O2S. The monoisotopic (exact) mass is 397 g/mol. The van der Waals surface area contributed by atoms with Gasteiger partial charge in [-0.3, -0.25) is 0 Å². The lowest BCUT2D eigenvalue weighted by Crippen LogP contribution is -2.03. The van der Waals surface area contributed by atoms with E-state index < -0.39 is 17.6 Å². The van der Waals surface area contributed by atoms with Crippen molar-refractivity contribution in [2.45, 2.75) is 6.92 Å². The minimum atomic E-state index is -1.17. The maximum atomic E-state index is 14.6. The van der Waals surface area contributed by atoms with Crippen molar-refractivity contribution >= 4 is 17.3 Å². The number of hydrogen-bond acceptors (Lipinski definition) is 4. The predicted molar refractivity (Wildman–Crippen MR) is 102 cm³/mol. The van der Waals surface area contributed by atoms with E-state index in [1.807, 2.05) is 30.3 Å². The number of rotatable bonds is 4. The zero-order chi connectivity index (χ0) is 19.8. The molecule has 0 atom stereocenters. The molecule has 0 aliphatic carbocycles. The zero-order valence-corrected chi connectivity index (χ0v) is 15.4. The highest BCUT2D eigenvalue weighted by Crippen LogP contribution is 2.35. The molecule has 0 spiro atoms. The van der Waals surface area contributed by atoms with Crippen molar-refractivity contribution < 1.29 is 18.7 Å². The molecule has 4 aromatic rings. The van der Waals surface area contributed by atoms with E-state index in [4.69, 9.17) is 5.11 Å². The van der Waals surface area contributed by atoms with Gasteiger partial charge in [0.05, 0.1) is 11.4 Å². The van der Waals surface area contributed by atoms with Crippen LogP contribution in [0.15, 0.2) is 53.9 Å². The smallest absolute Gasteiger partial charge is 0.355 e. The molecule has 1 N–H and O–H groups in total. The number of hydrogen-bond donors (Lipinski definition) is 1. The summed E-state index contributed by atoms with van der Waals surface area (Å²) in [6.45, 7) is 1.76. The summed E-state index contributed by atoms with van der Waals surface area (Å²) in [5.74, 6) is -2.37. The average Bonchev–Trinajstić information content (AvgIpc) is 3.29. The second-order valence-corrected chi connectivity index (χ2v) is 6.88. The van der Waals surface area contributed by atoms with Crippen LogP contribution in [0.25, 0.3) is 27.6 Å². The lowest BCUT2D eigenvalue weighted by atomic mass is 10.0. The fraction of sp³-hybridized carbons (Fsp3) is 0.0500. The summed E-state index contributed by atoms with van der Waals surface area (Å²) < 4.78 is 29.8. The first-order valence-corrected chi connectivity index (χ1v) is 9.13. The number of carboxylic acid groups (broad SMARTS) is 1. The van der Waals surface area contributed by atoms with Gasteiger partial charge in [0, 0.05) is 22.1 Å². The van der Waals surface area contributed by atoms with Crippen LogP contribution in [0, 0.1) is 18.6 Å². The molecule has 0 saturated heterocycles. The highest BCUT2D eigenvalue weighted by Gasteiger charge is 2.23. The average molecular weight is 397 g/mol. The molecule has 4 rings (SSSR count). The second kappa shape index (κ2) is 6.97. The number of benzene rings is 2. The Morgan fingerprint density at radius 2 is 1.89 bits per heavy atom. The summed E-state index contributed by atoms with van der Waals surface area (Å²) in [4.78, 5) is 15.3. The molecule has 0 bridgehead atoms. The van der Waals surface area contributed by atoms with Crippen LogP contribution < -0.4 is 0 Å². The molecule has 0 amide bonds. The standard InChI is InChI=1S/C20H13F2N3O2S/c1-11-17(12-5-3-2-4-6-12)24-25(20-23-16(10-28-20)19(26)27)18(11)14-9-13(21)7-8-15(14)22/h2-10H,1H3,(H,26,27). The van der Waals surface area contributed by atoms with Crippen molar-refractivity contribution in [3.63, 3.8) is 0 Å². The van der Waals surface area contributed by atoms with E-state index in [0.29, 0.717) is 17.0 Å². The number of halogens is 2. The summed E-state index contributed by atoms with van der Waals surface area (Å²) in [5, 5.41) is 15.3. The maximum Gasteiger partial charge on any atom is 0.355 e. The summed E-state index contributed by atoms with van der Waals surface area (Å²) in [5.41, 5.74) is 2.21. The third-order valence-corrected chi connectivity index (χ3v) is 5.06. The van der Waals surface area contributed by atoms with E-state index in [9.17, 15) is 13.6 Å². The number of nitrogens with zero attached hydrogens (tertiary/aromatic N) is 3. The van der Waals surface area contributed by atoms with E-state index in [1.54, 1.807) is 6.92 Å². The van der Waals surface area contributed by atoms with Gasteiger partial charge >= 0.3 is 5.97 Å². The third kappa shape index (κ3) is 3.07. The Labute approximate surface area is 162 Å². The fourth-order valence-electron chi connectivity index (χ4n) is 2.96. The van der Waals surface area contributed by atoms with Gasteiger partial charge in [-0.15, -0.1) is 11.3 Å². The first-order valence-electron chi connectivity index (χ1n) is 8.25. The van der Waals surface area contributed by atoms with E-state index >= 15 is 0 Å². The number of carboxylic acids is 1. The largest absolute Gasteiger partial charge is 0.476 e. The van der Waals surface area contributed by atoms with Crippen LogP contribution in [-0.2, 0) is 0 Å². The lowest BCUT2D eigenvalue weighted by Gasteiger charge is -2.07. The van der Waals surface area contributed by atoms with E-state index in [1.165, 1.54) is 10.1 Å². The van der Waals surface area contributed by atoms with Crippen molar-refractivity contribution in [1.29, 1.82) is 0 Å². The molecule has 0 radical (unpaired) electrons. The maximum absolute atomic E-state index is 14.6. The van der Waals surface area contributed by atoms with Crippen molar-refractivity contribution in [2.24, 2.45) is 0 Å². The van der Waals surface area contributed by atoms with Crippen LogP contribution >= 0.6 is 11.3 Å². The zero-order valence-electron chi connectivity index (χ0n) is 14.6. The van der Waals surface area contributed by atoms with Crippen molar-refractivity contribution in [1.82, 2.24) is 14.8 Å². The molecule has 8 heteroatoms. The molecular weight excluding hydrogens is 384 g/mol. The van der Waals surface area contributed by atoms with Gasteiger partial charge < -0.3 is 5.11 Å². The number of aromatic nitrogens is 3. The van der Waals surface area contributed by atoms with Crippen molar-refractivity contribution in [2.75, 3.05) is 0 Å². The number of thiazole rings is 1. The molecule has 28 heavy (non-hydrogen) atoms. The van der Waals surface area contributed by atoms with Crippen molar-refractivity contribution in [3.05, 3.63) is 76.8 Å². The molecule has 2 aromatic carbocycles. The molecule has 0 saturated carbocycles. The van der Waals surface area contributed by atoms with Gasteiger partial charge in [0.25, 0.3) is 0 Å². The Bertz CT molecular complexity index is 1190. The Balaban J connectivity index is 2.00. The Hall–Kier alpha value is -3.39. The van der Waals surface area contributed by atoms with Gasteiger partial charge in [-0.1, -0.05) is 30.3 Å². The van der Waals surface area contributed by atoms with Gasteiger partial charge in [-0.2, -0.15) is 5.10 Å². The highest BCUT2D eigenvalue weighted by atomic mass is 32.1. The number of aromatic carboxylic acids is 1. The Morgan fingerprint density at radius 3 is 2.57 bits per heavy atom. The van der Waals surface area contributed by atoms with Crippen LogP contribution in [-0.4, -0.2) is 25.8 Å². The Morgan fingerprint density at radius 1 is 1.14 bits per heavy atom. The van der Waals surface area contributed by atoms with Gasteiger partial charge in [-0.25, -0.2) is 23.2 Å². The predicted octanol–water partition coefficient (Wildman–Crippen LogP) is 4.95. The number of carbonyl (C=O) groups is 1. The highest BCUT2D eigenvalue weighted by molar-refractivity contribution is 7.12. The van der Waals surface area contributed by atoms with Crippen LogP contribution in [0.3, 0.4) is 0 Å². The molecule has 140 valence electrons. The first kappa shape index (κ1) is 18.0. The van der Waals surface area contributed by atoms with Crippen LogP contribution in [0.2, 0.25) is 0 Å². The molecule has 0 aliphatic heterocycles. The van der Waals surface area contributed by atoms with Gasteiger partial charge in [0.15, 0.2) is 5.69 Å². The summed E-state index contributed by atoms with van der Waals surface area (Å²) in [6, 6.07) is 12.5. The van der Waals surface area contributed by atoms with Crippen LogP contribution in [0.1, 0.15) is 16.1 Å².